The van der Waals surface area contributed by atoms with Gasteiger partial charge in [0.15, 0.2) is 5.17 Å². The average Bonchev–Trinajstić information content (AvgIpc) is 2.72. The third-order valence-electron chi connectivity index (χ3n) is 3.05. The highest BCUT2D eigenvalue weighted by molar-refractivity contribution is 8.13. The predicted octanol–water partition coefficient (Wildman–Crippen LogP) is 2.98. The van der Waals surface area contributed by atoms with E-state index in [0.29, 0.717) is 12.6 Å². The van der Waals surface area contributed by atoms with Gasteiger partial charge in [-0.2, -0.15) is 0 Å². The van der Waals surface area contributed by atoms with E-state index < -0.39 is 0 Å². The Balaban J connectivity index is 1.96. The molecule has 0 amide bonds. The summed E-state index contributed by atoms with van der Waals surface area (Å²) in [6.07, 6.45) is 1.19. The molecule has 0 aliphatic carbocycles. The molecule has 0 bridgehead atoms. The Kier molecular flexibility index (Phi) is 4.00. The number of rotatable bonds is 2. The van der Waals surface area contributed by atoms with E-state index in [9.17, 15) is 0 Å². The maximum absolute atomic E-state index is 5.03. The Morgan fingerprint density at radius 3 is 2.94 bits per heavy atom. The van der Waals surface area contributed by atoms with Crippen LogP contribution in [0, 0.1) is 12.3 Å². The van der Waals surface area contributed by atoms with Crippen LogP contribution >= 0.6 is 11.8 Å². The van der Waals surface area contributed by atoms with E-state index in [4.69, 9.17) is 4.52 Å². The third-order valence-corrected chi connectivity index (χ3v) is 4.01. The maximum atomic E-state index is 5.03. The minimum atomic E-state index is 0.270. The molecule has 1 fully saturated rings. The second-order valence-electron chi connectivity index (χ2n) is 5.75. The Morgan fingerprint density at radius 1 is 1.56 bits per heavy atom. The fourth-order valence-corrected chi connectivity index (χ4v) is 2.85. The molecule has 1 aromatic rings. The van der Waals surface area contributed by atoms with Crippen LogP contribution in [0.3, 0.4) is 0 Å². The highest BCUT2D eigenvalue weighted by Crippen LogP contribution is 2.27. The van der Waals surface area contributed by atoms with Crippen molar-refractivity contribution in [1.29, 1.82) is 0 Å². The number of thioether (sulfide) groups is 1. The van der Waals surface area contributed by atoms with Gasteiger partial charge in [0.2, 0.25) is 0 Å². The van der Waals surface area contributed by atoms with Crippen molar-refractivity contribution < 1.29 is 4.52 Å². The van der Waals surface area contributed by atoms with Crippen molar-refractivity contribution in [3.63, 3.8) is 0 Å². The van der Waals surface area contributed by atoms with Crippen LogP contribution in [0.15, 0.2) is 15.6 Å². The normalized spacial score (nSPS) is 23.1. The van der Waals surface area contributed by atoms with Gasteiger partial charge in [0.25, 0.3) is 0 Å². The van der Waals surface area contributed by atoms with Gasteiger partial charge in [-0.3, -0.25) is 4.99 Å². The number of aromatic nitrogens is 1. The molecule has 1 N–H and O–H groups in total. The lowest BCUT2D eigenvalue weighted by molar-refractivity contribution is 0.290. The Labute approximate surface area is 113 Å². The van der Waals surface area contributed by atoms with Gasteiger partial charge < -0.3 is 9.84 Å². The van der Waals surface area contributed by atoms with E-state index in [1.54, 1.807) is 11.8 Å². The van der Waals surface area contributed by atoms with Crippen molar-refractivity contribution in [2.24, 2.45) is 10.4 Å². The lowest BCUT2D eigenvalue weighted by atomic mass is 9.85. The summed E-state index contributed by atoms with van der Waals surface area (Å²) in [6, 6.07) is 2.43. The Bertz CT molecular complexity index is 434. The van der Waals surface area contributed by atoms with Crippen LogP contribution in [0.2, 0.25) is 0 Å². The standard InChI is InChI=1S/C13H21N3OS/c1-9-7-10(16-17-9)8-14-12-15-11(5-6-18-12)13(2,3)4/h7,11H,5-6,8H2,1-4H3,(H,14,15). The number of hydrogen-bond donors (Lipinski definition) is 1. The highest BCUT2D eigenvalue weighted by Gasteiger charge is 2.28. The summed E-state index contributed by atoms with van der Waals surface area (Å²) in [5.74, 6) is 1.97. The molecule has 1 aromatic heterocycles. The number of amidine groups is 1. The van der Waals surface area contributed by atoms with Crippen LogP contribution in [0.5, 0.6) is 0 Å². The van der Waals surface area contributed by atoms with Gasteiger partial charge in [0, 0.05) is 17.9 Å². The summed E-state index contributed by atoms with van der Waals surface area (Å²) in [5, 5.41) is 8.50. The molecule has 1 unspecified atom stereocenters. The first-order chi connectivity index (χ1) is 8.45. The van der Waals surface area contributed by atoms with Gasteiger partial charge in [-0.05, 0) is 18.8 Å². The van der Waals surface area contributed by atoms with E-state index in [0.717, 1.165) is 22.4 Å². The second kappa shape index (κ2) is 5.34. The third kappa shape index (κ3) is 3.51. The minimum absolute atomic E-state index is 0.270. The summed E-state index contributed by atoms with van der Waals surface area (Å²) in [7, 11) is 0. The average molecular weight is 267 g/mol. The van der Waals surface area contributed by atoms with Crippen molar-refractivity contribution in [2.75, 3.05) is 5.75 Å². The van der Waals surface area contributed by atoms with Crippen molar-refractivity contribution in [3.05, 3.63) is 17.5 Å². The van der Waals surface area contributed by atoms with Crippen molar-refractivity contribution in [3.8, 4) is 0 Å². The molecule has 100 valence electrons. The molecule has 18 heavy (non-hydrogen) atoms. The zero-order valence-electron chi connectivity index (χ0n) is 11.5. The smallest absolute Gasteiger partial charge is 0.157 e. The van der Waals surface area contributed by atoms with E-state index in [2.05, 4.69) is 36.2 Å². The molecule has 0 spiro atoms. The summed E-state index contributed by atoms with van der Waals surface area (Å²) in [4.78, 5) is 4.58. The quantitative estimate of drug-likeness (QED) is 0.895. The number of nitrogens with one attached hydrogen (secondary N) is 1. The number of hydrogen-bond acceptors (Lipinski definition) is 4. The van der Waals surface area contributed by atoms with Crippen LogP contribution in [-0.2, 0) is 6.54 Å². The van der Waals surface area contributed by atoms with Crippen molar-refractivity contribution in [2.45, 2.75) is 46.7 Å². The summed E-state index contributed by atoms with van der Waals surface area (Å²) in [6.45, 7) is 9.27. The van der Waals surface area contributed by atoms with Gasteiger partial charge in [0.05, 0.1) is 6.54 Å². The van der Waals surface area contributed by atoms with E-state index in [1.807, 2.05) is 13.0 Å². The summed E-state index contributed by atoms with van der Waals surface area (Å²) >= 11 is 1.79. The first kappa shape index (κ1) is 13.5. The van der Waals surface area contributed by atoms with Gasteiger partial charge >= 0.3 is 0 Å². The van der Waals surface area contributed by atoms with Crippen LogP contribution < -0.4 is 5.32 Å². The minimum Gasteiger partial charge on any atom is -0.362 e. The largest absolute Gasteiger partial charge is 0.362 e. The van der Waals surface area contributed by atoms with Crippen LogP contribution in [0.1, 0.15) is 38.6 Å². The molecular weight excluding hydrogens is 246 g/mol. The van der Waals surface area contributed by atoms with Crippen molar-refractivity contribution in [1.82, 2.24) is 10.5 Å². The molecule has 2 rings (SSSR count). The predicted molar refractivity (Wildman–Crippen MR) is 75.8 cm³/mol. The fraction of sp³-hybridized carbons (Fsp3) is 0.692. The maximum Gasteiger partial charge on any atom is 0.157 e. The molecule has 5 heteroatoms. The lowest BCUT2D eigenvalue weighted by Gasteiger charge is -2.35. The summed E-state index contributed by atoms with van der Waals surface area (Å²) in [5.41, 5.74) is 1.16. The molecule has 1 aliphatic heterocycles. The molecule has 0 aromatic carbocycles. The molecule has 0 radical (unpaired) electrons. The molecule has 1 atom stereocenters. The van der Waals surface area contributed by atoms with E-state index >= 15 is 0 Å². The topological polar surface area (TPSA) is 50.4 Å². The molecule has 2 heterocycles. The zero-order valence-corrected chi connectivity index (χ0v) is 12.3. The first-order valence-corrected chi connectivity index (χ1v) is 7.30. The molecule has 0 saturated carbocycles. The lowest BCUT2D eigenvalue weighted by Crippen LogP contribution is -2.46. The number of aryl methyl sites for hydroxylation is 1. The van der Waals surface area contributed by atoms with Gasteiger partial charge in [-0.25, -0.2) is 0 Å². The number of nitrogens with zero attached hydrogens (tertiary/aromatic N) is 2. The van der Waals surface area contributed by atoms with Crippen LogP contribution in [0.4, 0.5) is 0 Å². The van der Waals surface area contributed by atoms with Crippen LogP contribution in [-0.4, -0.2) is 22.1 Å². The second-order valence-corrected chi connectivity index (χ2v) is 6.83. The van der Waals surface area contributed by atoms with Gasteiger partial charge in [-0.1, -0.05) is 37.7 Å². The van der Waals surface area contributed by atoms with E-state index in [1.165, 1.54) is 6.42 Å². The molecule has 1 aliphatic rings. The van der Waals surface area contributed by atoms with Crippen LogP contribution in [0.25, 0.3) is 0 Å². The number of aliphatic imine (C=N–C) groups is 1. The van der Waals surface area contributed by atoms with Gasteiger partial charge in [-0.15, -0.1) is 0 Å². The molecule has 4 nitrogen and oxygen atoms in total. The molecule has 1 saturated heterocycles. The highest BCUT2D eigenvalue weighted by atomic mass is 32.2. The Hall–Kier alpha value is -0.970. The Morgan fingerprint density at radius 2 is 2.33 bits per heavy atom. The van der Waals surface area contributed by atoms with E-state index in [-0.39, 0.29) is 5.41 Å². The summed E-state index contributed by atoms with van der Waals surface area (Å²) < 4.78 is 5.03. The first-order valence-electron chi connectivity index (χ1n) is 6.31. The van der Waals surface area contributed by atoms with Crippen molar-refractivity contribution >= 4 is 16.9 Å². The molecular formula is C13H21N3OS. The van der Waals surface area contributed by atoms with Gasteiger partial charge in [0.1, 0.15) is 11.5 Å². The SMILES string of the molecule is Cc1cc(CN=C2NC(C(C)(C)C)CCS2)no1. The fourth-order valence-electron chi connectivity index (χ4n) is 1.92. The monoisotopic (exact) mass is 267 g/mol. The zero-order chi connectivity index (χ0) is 13.2.